The Morgan fingerprint density at radius 1 is 1.30 bits per heavy atom. The van der Waals surface area contributed by atoms with Crippen LogP contribution in [-0.2, 0) is 16.6 Å². The molecule has 120 valence electrons. The van der Waals surface area contributed by atoms with Crippen LogP contribution in [-0.4, -0.2) is 26.7 Å². The molecule has 1 unspecified atom stereocenters. The van der Waals surface area contributed by atoms with E-state index in [1.54, 1.807) is 24.3 Å². The summed E-state index contributed by atoms with van der Waals surface area (Å²) in [5.41, 5.74) is 0. The van der Waals surface area contributed by atoms with Crippen LogP contribution in [0.25, 0.3) is 10.7 Å². The van der Waals surface area contributed by atoms with E-state index in [9.17, 15) is 4.21 Å². The molecule has 0 aliphatic carbocycles. The number of thiophene rings is 1. The Morgan fingerprint density at radius 3 is 3.00 bits per heavy atom. The van der Waals surface area contributed by atoms with Gasteiger partial charge >= 0.3 is 0 Å². The van der Waals surface area contributed by atoms with Gasteiger partial charge in [-0.25, -0.2) is 0 Å². The highest BCUT2D eigenvalue weighted by Crippen LogP contribution is 2.21. The summed E-state index contributed by atoms with van der Waals surface area (Å²) in [6.45, 7) is 0.332. The fourth-order valence-corrected chi connectivity index (χ4v) is 3.47. The van der Waals surface area contributed by atoms with E-state index < -0.39 is 10.8 Å². The summed E-state index contributed by atoms with van der Waals surface area (Å²) in [4.78, 5) is 5.18. The van der Waals surface area contributed by atoms with Gasteiger partial charge in [0.1, 0.15) is 11.5 Å². The van der Waals surface area contributed by atoms with Gasteiger partial charge in [0.15, 0.2) is 0 Å². The van der Waals surface area contributed by atoms with Crippen molar-refractivity contribution < 1.29 is 13.5 Å². The molecule has 0 N–H and O–H groups in total. The van der Waals surface area contributed by atoms with Gasteiger partial charge in [-0.15, -0.1) is 11.3 Å². The third kappa shape index (κ3) is 4.63. The maximum absolute atomic E-state index is 12.0. The summed E-state index contributed by atoms with van der Waals surface area (Å²) in [7, 11) is -1.13. The summed E-state index contributed by atoms with van der Waals surface area (Å²) in [5, 5.41) is 6.44. The summed E-state index contributed by atoms with van der Waals surface area (Å²) < 4.78 is 22.7. The van der Waals surface area contributed by atoms with Crippen molar-refractivity contribution in [3.63, 3.8) is 0 Å². The van der Waals surface area contributed by atoms with E-state index in [0.29, 0.717) is 34.8 Å². The van der Waals surface area contributed by atoms with Gasteiger partial charge < -0.3 is 9.26 Å². The van der Waals surface area contributed by atoms with Gasteiger partial charge in [-0.2, -0.15) is 4.98 Å². The molecule has 0 radical (unpaired) electrons. The maximum Gasteiger partial charge on any atom is 0.239 e. The molecule has 0 fully saturated rings. The first-order chi connectivity index (χ1) is 11.2. The van der Waals surface area contributed by atoms with Crippen molar-refractivity contribution in [3.05, 3.63) is 52.7 Å². The van der Waals surface area contributed by atoms with Crippen LogP contribution in [0.2, 0.25) is 5.02 Å². The predicted octanol–water partition coefficient (Wildman–Crippen LogP) is 3.78. The largest absolute Gasteiger partial charge is 0.493 e. The lowest BCUT2D eigenvalue weighted by atomic mass is 10.3. The second-order valence-corrected chi connectivity index (χ2v) is 7.54. The zero-order valence-electron chi connectivity index (χ0n) is 12.0. The molecule has 2 heterocycles. The molecule has 0 amide bonds. The lowest BCUT2D eigenvalue weighted by molar-refractivity contribution is 0.342. The van der Waals surface area contributed by atoms with Gasteiger partial charge in [-0.3, -0.25) is 4.21 Å². The summed E-state index contributed by atoms with van der Waals surface area (Å²) >= 11 is 7.40. The second kappa shape index (κ2) is 7.72. The van der Waals surface area contributed by atoms with E-state index in [4.69, 9.17) is 20.9 Å². The molecular weight excluding hydrogens is 356 g/mol. The minimum absolute atomic E-state index is 0.220. The molecule has 0 spiro atoms. The van der Waals surface area contributed by atoms with Crippen LogP contribution in [0.4, 0.5) is 0 Å². The maximum atomic E-state index is 12.0. The summed E-state index contributed by atoms with van der Waals surface area (Å²) in [5.74, 6) is 2.16. The number of aromatic nitrogens is 2. The molecule has 2 aromatic heterocycles. The summed E-state index contributed by atoms with van der Waals surface area (Å²) in [6, 6.07) is 10.9. The Labute approximate surface area is 144 Å². The Morgan fingerprint density at radius 2 is 2.22 bits per heavy atom. The highest BCUT2D eigenvalue weighted by Gasteiger charge is 2.12. The molecular formula is C15H13ClN2O3S2. The SMILES string of the molecule is O=S(CCOc1cccc(Cl)c1)Cc1nc(-c2cccs2)no1. The molecule has 0 saturated carbocycles. The monoisotopic (exact) mass is 368 g/mol. The van der Waals surface area contributed by atoms with Gasteiger partial charge in [-0.1, -0.05) is 28.9 Å². The van der Waals surface area contributed by atoms with E-state index in [2.05, 4.69) is 10.1 Å². The Hall–Kier alpha value is -1.70. The average Bonchev–Trinajstić information content (AvgIpc) is 3.18. The molecule has 1 atom stereocenters. The van der Waals surface area contributed by atoms with Crippen LogP contribution in [0, 0.1) is 0 Å². The van der Waals surface area contributed by atoms with Crippen molar-refractivity contribution in [2.24, 2.45) is 0 Å². The standard InChI is InChI=1S/C15H13ClN2O3S2/c16-11-3-1-4-12(9-11)20-6-8-23(19)10-14-17-15(18-21-14)13-5-2-7-22-13/h1-5,7,9H,6,8,10H2. The number of ether oxygens (including phenoxy) is 1. The van der Waals surface area contributed by atoms with Crippen LogP contribution in [0.1, 0.15) is 5.89 Å². The van der Waals surface area contributed by atoms with Crippen LogP contribution >= 0.6 is 22.9 Å². The van der Waals surface area contributed by atoms with E-state index in [1.165, 1.54) is 11.3 Å². The van der Waals surface area contributed by atoms with Crippen LogP contribution in [0.15, 0.2) is 46.3 Å². The zero-order chi connectivity index (χ0) is 16.1. The fraction of sp³-hybridized carbons (Fsp3) is 0.200. The Bertz CT molecular complexity index is 790. The molecule has 0 saturated heterocycles. The van der Waals surface area contributed by atoms with Crippen LogP contribution in [0.5, 0.6) is 5.75 Å². The number of halogens is 1. The zero-order valence-corrected chi connectivity index (χ0v) is 14.4. The second-order valence-electron chi connectivity index (χ2n) is 4.58. The first-order valence-corrected chi connectivity index (χ1v) is 9.55. The van der Waals surface area contributed by atoms with E-state index in [1.807, 2.05) is 17.5 Å². The third-order valence-electron chi connectivity index (χ3n) is 2.87. The molecule has 3 rings (SSSR count). The number of benzene rings is 1. The molecule has 23 heavy (non-hydrogen) atoms. The van der Waals surface area contributed by atoms with Gasteiger partial charge in [0.25, 0.3) is 0 Å². The third-order valence-corrected chi connectivity index (χ3v) is 5.16. The topological polar surface area (TPSA) is 65.2 Å². The lowest BCUT2D eigenvalue weighted by Crippen LogP contribution is -2.10. The number of hydrogen-bond donors (Lipinski definition) is 0. The normalized spacial score (nSPS) is 12.2. The van der Waals surface area contributed by atoms with Crippen LogP contribution < -0.4 is 4.74 Å². The smallest absolute Gasteiger partial charge is 0.239 e. The van der Waals surface area contributed by atoms with Crippen molar-refractivity contribution in [2.75, 3.05) is 12.4 Å². The molecule has 3 aromatic rings. The van der Waals surface area contributed by atoms with Crippen molar-refractivity contribution in [1.29, 1.82) is 0 Å². The molecule has 0 bridgehead atoms. The number of hydrogen-bond acceptors (Lipinski definition) is 6. The fourth-order valence-electron chi connectivity index (χ4n) is 1.84. The van der Waals surface area contributed by atoms with Crippen LogP contribution in [0.3, 0.4) is 0 Å². The Balaban J connectivity index is 1.48. The predicted molar refractivity (Wildman–Crippen MR) is 91.3 cm³/mol. The first kappa shape index (κ1) is 16.2. The Kier molecular flexibility index (Phi) is 5.43. The summed E-state index contributed by atoms with van der Waals surface area (Å²) in [6.07, 6.45) is 0. The minimum atomic E-state index is -1.13. The van der Waals surface area contributed by atoms with Crippen molar-refractivity contribution in [3.8, 4) is 16.5 Å². The quantitative estimate of drug-likeness (QED) is 0.635. The highest BCUT2D eigenvalue weighted by molar-refractivity contribution is 7.84. The number of nitrogens with zero attached hydrogens (tertiary/aromatic N) is 2. The molecule has 0 aliphatic heterocycles. The average molecular weight is 369 g/mol. The van der Waals surface area contributed by atoms with Crippen molar-refractivity contribution >= 4 is 33.7 Å². The number of rotatable bonds is 7. The molecule has 8 heteroatoms. The minimum Gasteiger partial charge on any atom is -0.493 e. The molecule has 0 aliphatic rings. The van der Waals surface area contributed by atoms with Gasteiger partial charge in [0.2, 0.25) is 11.7 Å². The first-order valence-electron chi connectivity index (χ1n) is 6.80. The van der Waals surface area contributed by atoms with E-state index in [-0.39, 0.29) is 5.75 Å². The van der Waals surface area contributed by atoms with Gasteiger partial charge in [0, 0.05) is 15.8 Å². The highest BCUT2D eigenvalue weighted by atomic mass is 35.5. The molecule has 1 aromatic carbocycles. The van der Waals surface area contributed by atoms with E-state index in [0.717, 1.165) is 4.88 Å². The van der Waals surface area contributed by atoms with Gasteiger partial charge in [-0.05, 0) is 29.6 Å². The van der Waals surface area contributed by atoms with Crippen molar-refractivity contribution in [1.82, 2.24) is 10.1 Å². The lowest BCUT2D eigenvalue weighted by Gasteiger charge is -2.05. The molecule has 5 nitrogen and oxygen atoms in total. The van der Waals surface area contributed by atoms with Gasteiger partial charge in [0.05, 0.1) is 17.2 Å². The van der Waals surface area contributed by atoms with Crippen molar-refractivity contribution in [2.45, 2.75) is 5.75 Å². The van der Waals surface area contributed by atoms with E-state index >= 15 is 0 Å².